The molecule has 28 heavy (non-hydrogen) atoms. The minimum atomic E-state index is -3.51. The summed E-state index contributed by atoms with van der Waals surface area (Å²) in [5.74, 6) is 0.0531. The van der Waals surface area contributed by atoms with Gasteiger partial charge in [-0.2, -0.15) is 11.3 Å². The fourth-order valence-corrected chi connectivity index (χ4v) is 4.39. The van der Waals surface area contributed by atoms with Crippen molar-refractivity contribution in [2.75, 3.05) is 11.1 Å². The van der Waals surface area contributed by atoms with E-state index >= 15 is 0 Å². The van der Waals surface area contributed by atoms with Gasteiger partial charge in [0.05, 0.1) is 33.6 Å². The summed E-state index contributed by atoms with van der Waals surface area (Å²) in [7, 11) is -3.51. The molecule has 4 aromatic rings. The number of hydrogen-bond donors (Lipinski definition) is 2. The molecular weight excluding hydrogens is 398 g/mol. The van der Waals surface area contributed by atoms with Crippen LogP contribution < -0.4 is 5.32 Å². The predicted octanol–water partition coefficient (Wildman–Crippen LogP) is 3.13. The van der Waals surface area contributed by atoms with E-state index < -0.39 is 15.7 Å². The molecule has 10 heteroatoms. The number of aromatic amines is 1. The highest BCUT2D eigenvalue weighted by molar-refractivity contribution is 7.91. The number of sulfone groups is 1. The first kappa shape index (κ1) is 18.3. The van der Waals surface area contributed by atoms with Gasteiger partial charge in [-0.1, -0.05) is 6.92 Å². The van der Waals surface area contributed by atoms with E-state index in [1.807, 2.05) is 16.8 Å². The van der Waals surface area contributed by atoms with Crippen LogP contribution in [0.15, 0.2) is 52.4 Å². The van der Waals surface area contributed by atoms with Crippen molar-refractivity contribution in [1.82, 2.24) is 19.9 Å². The molecule has 0 aliphatic carbocycles. The van der Waals surface area contributed by atoms with Crippen molar-refractivity contribution >= 4 is 43.9 Å². The number of amides is 1. The van der Waals surface area contributed by atoms with Gasteiger partial charge in [0, 0.05) is 23.3 Å². The molecule has 0 fully saturated rings. The minimum absolute atomic E-state index is 0.0345. The maximum Gasteiger partial charge on any atom is 0.258 e. The number of carbonyl (C=O) groups excluding carboxylic acids is 1. The van der Waals surface area contributed by atoms with Gasteiger partial charge in [-0.25, -0.2) is 18.4 Å². The third-order valence-corrected chi connectivity index (χ3v) is 6.65. The van der Waals surface area contributed by atoms with Crippen molar-refractivity contribution in [3.05, 3.63) is 53.1 Å². The van der Waals surface area contributed by atoms with Crippen molar-refractivity contribution in [3.63, 3.8) is 0 Å². The molecule has 0 spiro atoms. The van der Waals surface area contributed by atoms with E-state index in [4.69, 9.17) is 0 Å². The average Bonchev–Trinajstić information content (AvgIpc) is 3.37. The molecule has 0 saturated heterocycles. The van der Waals surface area contributed by atoms with Gasteiger partial charge >= 0.3 is 0 Å². The van der Waals surface area contributed by atoms with Crippen molar-refractivity contribution in [3.8, 4) is 11.4 Å². The first-order chi connectivity index (χ1) is 13.5. The van der Waals surface area contributed by atoms with Crippen LogP contribution in [0.5, 0.6) is 0 Å². The molecular formula is C18H15N5O3S2. The summed E-state index contributed by atoms with van der Waals surface area (Å²) in [6.07, 6.45) is 4.19. The molecule has 0 aliphatic heterocycles. The first-order valence-electron chi connectivity index (χ1n) is 8.35. The zero-order valence-corrected chi connectivity index (χ0v) is 16.3. The van der Waals surface area contributed by atoms with Crippen LogP contribution in [-0.4, -0.2) is 40.0 Å². The van der Waals surface area contributed by atoms with Crippen LogP contribution >= 0.6 is 11.3 Å². The normalized spacial score (nSPS) is 11.6. The summed E-state index contributed by atoms with van der Waals surface area (Å²) in [6.45, 7) is 1.55. The molecule has 4 heterocycles. The number of aromatic nitrogens is 4. The number of thiophene rings is 1. The average molecular weight is 413 g/mol. The largest absolute Gasteiger partial charge is 0.336 e. The van der Waals surface area contributed by atoms with E-state index in [2.05, 4.69) is 25.3 Å². The Morgan fingerprint density at radius 1 is 1.25 bits per heavy atom. The van der Waals surface area contributed by atoms with Gasteiger partial charge in [0.15, 0.2) is 15.5 Å². The summed E-state index contributed by atoms with van der Waals surface area (Å²) in [5, 5.41) is 6.52. The molecule has 0 radical (unpaired) electrons. The lowest BCUT2D eigenvalue weighted by molar-refractivity contribution is 0.102. The molecule has 4 rings (SSSR count). The Kier molecular flexibility index (Phi) is 4.65. The van der Waals surface area contributed by atoms with E-state index in [1.165, 1.54) is 36.0 Å². The summed E-state index contributed by atoms with van der Waals surface area (Å²) in [4.78, 5) is 28.6. The number of nitrogens with zero attached hydrogens (tertiary/aromatic N) is 3. The van der Waals surface area contributed by atoms with Crippen molar-refractivity contribution in [1.29, 1.82) is 0 Å². The minimum Gasteiger partial charge on any atom is -0.336 e. The number of rotatable bonds is 5. The van der Waals surface area contributed by atoms with Crippen molar-refractivity contribution in [2.24, 2.45) is 0 Å². The van der Waals surface area contributed by atoms with Gasteiger partial charge in [0.2, 0.25) is 0 Å². The number of nitrogens with one attached hydrogen (secondary N) is 2. The van der Waals surface area contributed by atoms with Crippen LogP contribution in [0.25, 0.3) is 22.6 Å². The van der Waals surface area contributed by atoms with Crippen LogP contribution in [0.2, 0.25) is 0 Å². The van der Waals surface area contributed by atoms with Gasteiger partial charge in [-0.05, 0) is 23.6 Å². The Morgan fingerprint density at radius 2 is 2.11 bits per heavy atom. The van der Waals surface area contributed by atoms with Crippen LogP contribution in [0.4, 0.5) is 5.69 Å². The molecule has 0 saturated carbocycles. The topological polar surface area (TPSA) is 118 Å². The molecule has 0 aliphatic rings. The monoisotopic (exact) mass is 413 g/mol. The van der Waals surface area contributed by atoms with Gasteiger partial charge in [-0.15, -0.1) is 0 Å². The molecule has 0 aromatic carbocycles. The lowest BCUT2D eigenvalue weighted by Crippen LogP contribution is -2.16. The smallest absolute Gasteiger partial charge is 0.258 e. The van der Waals surface area contributed by atoms with E-state index in [-0.39, 0.29) is 16.3 Å². The Morgan fingerprint density at radius 3 is 2.86 bits per heavy atom. The first-order valence-corrected chi connectivity index (χ1v) is 10.9. The summed E-state index contributed by atoms with van der Waals surface area (Å²) >= 11 is 1.54. The molecule has 0 atom stereocenters. The quantitative estimate of drug-likeness (QED) is 0.519. The second-order valence-electron chi connectivity index (χ2n) is 5.88. The van der Waals surface area contributed by atoms with Crippen LogP contribution in [0, 0.1) is 0 Å². The molecule has 0 unspecified atom stereocenters. The highest BCUT2D eigenvalue weighted by Gasteiger charge is 2.20. The molecule has 1 amide bonds. The molecule has 4 aromatic heterocycles. The van der Waals surface area contributed by atoms with Gasteiger partial charge in [0.25, 0.3) is 5.91 Å². The van der Waals surface area contributed by atoms with Crippen LogP contribution in [0.3, 0.4) is 0 Å². The fraction of sp³-hybridized carbons (Fsp3) is 0.111. The fourth-order valence-electron chi connectivity index (χ4n) is 2.73. The van der Waals surface area contributed by atoms with E-state index in [1.54, 1.807) is 13.0 Å². The number of fused-ring (bicyclic) bond motifs is 1. The number of imidazole rings is 1. The van der Waals surface area contributed by atoms with Crippen molar-refractivity contribution < 1.29 is 13.2 Å². The Labute approximate surface area is 164 Å². The van der Waals surface area contributed by atoms with E-state index in [9.17, 15) is 13.2 Å². The maximum atomic E-state index is 12.9. The van der Waals surface area contributed by atoms with E-state index in [0.717, 1.165) is 5.56 Å². The highest BCUT2D eigenvalue weighted by atomic mass is 32.2. The number of anilines is 1. The lowest BCUT2D eigenvalue weighted by atomic mass is 10.2. The second-order valence-corrected chi connectivity index (χ2v) is 8.91. The molecule has 142 valence electrons. The number of carbonyl (C=O) groups is 1. The van der Waals surface area contributed by atoms with Gasteiger partial charge in [-0.3, -0.25) is 9.78 Å². The second kappa shape index (κ2) is 7.13. The zero-order valence-electron chi connectivity index (χ0n) is 14.7. The van der Waals surface area contributed by atoms with Gasteiger partial charge in [0.1, 0.15) is 5.82 Å². The molecule has 8 nitrogen and oxygen atoms in total. The summed E-state index contributed by atoms with van der Waals surface area (Å²) in [5.41, 5.74) is 2.23. The maximum absolute atomic E-state index is 12.9. The third-order valence-electron chi connectivity index (χ3n) is 4.18. The zero-order chi connectivity index (χ0) is 19.7. The van der Waals surface area contributed by atoms with Gasteiger partial charge < -0.3 is 10.3 Å². The lowest BCUT2D eigenvalue weighted by Gasteiger charge is -2.10. The number of pyridine rings is 2. The summed E-state index contributed by atoms with van der Waals surface area (Å²) in [6, 6.07) is 4.85. The van der Waals surface area contributed by atoms with E-state index in [0.29, 0.717) is 22.6 Å². The van der Waals surface area contributed by atoms with Crippen LogP contribution in [0.1, 0.15) is 17.3 Å². The standard InChI is InChI=1S/C18H15N5O3S2/c1-2-28(25,26)14-4-6-19-9-13(14)21-18(24)12-3-7-20-17-15(12)22-16(23-17)11-5-8-27-10-11/h3-10H,2H2,1H3,(H,21,24)(H,20,22,23). The number of hydrogen-bond acceptors (Lipinski definition) is 7. The highest BCUT2D eigenvalue weighted by Crippen LogP contribution is 2.25. The Hall–Kier alpha value is -3.11. The molecule has 2 N–H and O–H groups in total. The SMILES string of the molecule is CCS(=O)(=O)c1ccncc1NC(=O)c1ccnc2nc(-c3ccsc3)[nH]c12. The predicted molar refractivity (Wildman–Crippen MR) is 107 cm³/mol. The molecule has 0 bridgehead atoms. The Balaban J connectivity index is 1.73. The summed E-state index contributed by atoms with van der Waals surface area (Å²) < 4.78 is 24.6. The third kappa shape index (κ3) is 3.27. The Bertz CT molecular complexity index is 1260. The number of H-pyrrole nitrogens is 1. The van der Waals surface area contributed by atoms with Crippen molar-refractivity contribution in [2.45, 2.75) is 11.8 Å². The van der Waals surface area contributed by atoms with Crippen LogP contribution in [-0.2, 0) is 9.84 Å².